The molecule has 0 bridgehead atoms. The fraction of sp³-hybridized carbons (Fsp3) is 0.846. The number of carboxylic acids is 1. The summed E-state index contributed by atoms with van der Waals surface area (Å²) in [5.74, 6) is -0.116. The van der Waals surface area contributed by atoms with Gasteiger partial charge in [0.25, 0.3) is 0 Å². The van der Waals surface area contributed by atoms with Crippen LogP contribution in [-0.4, -0.2) is 42.9 Å². The van der Waals surface area contributed by atoms with E-state index in [2.05, 4.69) is 10.6 Å². The van der Waals surface area contributed by atoms with Crippen molar-refractivity contribution in [1.29, 1.82) is 0 Å². The van der Waals surface area contributed by atoms with Gasteiger partial charge in [-0.3, -0.25) is 4.79 Å². The lowest BCUT2D eigenvalue weighted by molar-refractivity contribution is -0.137. The Morgan fingerprint density at radius 2 is 2.05 bits per heavy atom. The number of hydrogen-bond donors (Lipinski definition) is 3. The van der Waals surface area contributed by atoms with Gasteiger partial charge in [0.1, 0.15) is 0 Å². The fourth-order valence-electron chi connectivity index (χ4n) is 1.63. The van der Waals surface area contributed by atoms with Crippen LogP contribution in [0.1, 0.15) is 33.1 Å². The second-order valence-corrected chi connectivity index (χ2v) is 5.37. The highest BCUT2D eigenvalue weighted by atomic mass is 16.5. The molecule has 1 saturated carbocycles. The van der Waals surface area contributed by atoms with Crippen LogP contribution in [0.3, 0.4) is 0 Å². The molecule has 6 nitrogen and oxygen atoms in total. The summed E-state index contributed by atoms with van der Waals surface area (Å²) in [6.07, 6.45) is 2.43. The minimum atomic E-state index is -0.910. The third kappa shape index (κ3) is 7.66. The molecule has 0 heterocycles. The van der Waals surface area contributed by atoms with E-state index in [9.17, 15) is 9.59 Å². The zero-order chi connectivity index (χ0) is 14.3. The summed E-state index contributed by atoms with van der Waals surface area (Å²) in [6.45, 7) is 5.47. The normalized spacial score (nSPS) is 16.2. The molecule has 2 amide bonds. The van der Waals surface area contributed by atoms with Crippen molar-refractivity contribution in [2.75, 3.05) is 19.8 Å². The molecular formula is C13H24N2O4. The molecule has 0 saturated heterocycles. The summed E-state index contributed by atoms with van der Waals surface area (Å²) in [4.78, 5) is 22.3. The maximum atomic E-state index is 11.6. The van der Waals surface area contributed by atoms with Gasteiger partial charge in [0.2, 0.25) is 0 Å². The van der Waals surface area contributed by atoms with Crippen molar-refractivity contribution in [2.45, 2.75) is 39.2 Å². The van der Waals surface area contributed by atoms with E-state index >= 15 is 0 Å². The molecule has 1 aliphatic rings. The molecule has 1 aliphatic carbocycles. The summed E-state index contributed by atoms with van der Waals surface area (Å²) in [7, 11) is 0. The van der Waals surface area contributed by atoms with Crippen molar-refractivity contribution < 1.29 is 19.4 Å². The molecule has 3 N–H and O–H groups in total. The second-order valence-electron chi connectivity index (χ2n) is 5.37. The SMILES string of the molecule is CC(C)C(CC(=O)O)NC(=O)NCCOCC1CC1. The van der Waals surface area contributed by atoms with Gasteiger partial charge < -0.3 is 20.5 Å². The van der Waals surface area contributed by atoms with Gasteiger partial charge in [0.15, 0.2) is 0 Å². The van der Waals surface area contributed by atoms with Gasteiger partial charge in [-0.2, -0.15) is 0 Å². The fourth-order valence-corrected chi connectivity index (χ4v) is 1.63. The van der Waals surface area contributed by atoms with Gasteiger partial charge in [-0.25, -0.2) is 4.79 Å². The van der Waals surface area contributed by atoms with Crippen LogP contribution in [0.25, 0.3) is 0 Å². The predicted molar refractivity (Wildman–Crippen MR) is 71.0 cm³/mol. The number of rotatable bonds is 9. The maximum Gasteiger partial charge on any atom is 0.315 e. The highest BCUT2D eigenvalue weighted by Gasteiger charge is 2.21. The first kappa shape index (κ1) is 15.8. The Hall–Kier alpha value is -1.30. The molecular weight excluding hydrogens is 248 g/mol. The zero-order valence-electron chi connectivity index (χ0n) is 11.6. The lowest BCUT2D eigenvalue weighted by Gasteiger charge is -2.20. The van der Waals surface area contributed by atoms with Crippen LogP contribution in [-0.2, 0) is 9.53 Å². The van der Waals surface area contributed by atoms with Crippen molar-refractivity contribution in [3.63, 3.8) is 0 Å². The van der Waals surface area contributed by atoms with Crippen molar-refractivity contribution >= 4 is 12.0 Å². The van der Waals surface area contributed by atoms with Crippen LogP contribution in [0.5, 0.6) is 0 Å². The highest BCUT2D eigenvalue weighted by Crippen LogP contribution is 2.28. The Morgan fingerprint density at radius 3 is 2.58 bits per heavy atom. The Balaban J connectivity index is 2.10. The van der Waals surface area contributed by atoms with Crippen molar-refractivity contribution in [1.82, 2.24) is 10.6 Å². The molecule has 1 atom stereocenters. The van der Waals surface area contributed by atoms with E-state index in [-0.39, 0.29) is 24.4 Å². The third-order valence-electron chi connectivity index (χ3n) is 3.10. The van der Waals surface area contributed by atoms with E-state index in [1.54, 1.807) is 0 Å². The third-order valence-corrected chi connectivity index (χ3v) is 3.10. The summed E-state index contributed by atoms with van der Waals surface area (Å²) in [6, 6.07) is -0.695. The van der Waals surface area contributed by atoms with Crippen molar-refractivity contribution in [3.05, 3.63) is 0 Å². The first-order valence-electron chi connectivity index (χ1n) is 6.83. The second kappa shape index (κ2) is 7.99. The molecule has 19 heavy (non-hydrogen) atoms. The average molecular weight is 272 g/mol. The molecule has 0 aromatic carbocycles. The molecule has 0 aromatic heterocycles. The number of aliphatic carboxylic acids is 1. The summed E-state index contributed by atoms with van der Waals surface area (Å²) in [5.41, 5.74) is 0. The number of nitrogens with one attached hydrogen (secondary N) is 2. The van der Waals surface area contributed by atoms with Crippen molar-refractivity contribution in [2.24, 2.45) is 11.8 Å². The molecule has 1 rings (SSSR count). The van der Waals surface area contributed by atoms with Crippen LogP contribution in [0.2, 0.25) is 0 Å². The molecule has 6 heteroatoms. The number of carbonyl (C=O) groups is 2. The predicted octanol–water partition coefficient (Wildman–Crippen LogP) is 1.21. The quantitative estimate of drug-likeness (QED) is 0.551. The van der Waals surface area contributed by atoms with E-state index in [1.807, 2.05) is 13.8 Å². The van der Waals surface area contributed by atoms with Crippen LogP contribution >= 0.6 is 0 Å². The first-order valence-corrected chi connectivity index (χ1v) is 6.83. The van der Waals surface area contributed by atoms with E-state index in [1.165, 1.54) is 12.8 Å². The van der Waals surface area contributed by atoms with E-state index < -0.39 is 5.97 Å². The number of ether oxygens (including phenoxy) is 1. The van der Waals surface area contributed by atoms with Gasteiger partial charge in [0, 0.05) is 19.2 Å². The van der Waals surface area contributed by atoms with Gasteiger partial charge in [-0.15, -0.1) is 0 Å². The minimum Gasteiger partial charge on any atom is -0.481 e. The number of hydrogen-bond acceptors (Lipinski definition) is 3. The number of amides is 2. The Kier molecular flexibility index (Phi) is 6.62. The maximum absolute atomic E-state index is 11.6. The van der Waals surface area contributed by atoms with Gasteiger partial charge in [-0.05, 0) is 24.7 Å². The van der Waals surface area contributed by atoms with Crippen molar-refractivity contribution in [3.8, 4) is 0 Å². The highest BCUT2D eigenvalue weighted by molar-refractivity contribution is 5.75. The standard InChI is InChI=1S/C13H24N2O4/c1-9(2)11(7-12(16)17)15-13(18)14-5-6-19-8-10-3-4-10/h9-11H,3-8H2,1-2H3,(H,16,17)(H2,14,15,18). The molecule has 1 unspecified atom stereocenters. The monoisotopic (exact) mass is 272 g/mol. The largest absolute Gasteiger partial charge is 0.481 e. The van der Waals surface area contributed by atoms with Crippen LogP contribution in [0.4, 0.5) is 4.79 Å². The number of urea groups is 1. The summed E-state index contributed by atoms with van der Waals surface area (Å²) in [5, 5.41) is 14.1. The Morgan fingerprint density at radius 1 is 1.37 bits per heavy atom. The summed E-state index contributed by atoms with van der Waals surface area (Å²) >= 11 is 0. The lowest BCUT2D eigenvalue weighted by atomic mass is 10.0. The lowest BCUT2D eigenvalue weighted by Crippen LogP contribution is -2.46. The van der Waals surface area contributed by atoms with Crippen LogP contribution in [0, 0.1) is 11.8 Å². The smallest absolute Gasteiger partial charge is 0.315 e. The summed E-state index contributed by atoms with van der Waals surface area (Å²) < 4.78 is 5.39. The average Bonchev–Trinajstić information content (AvgIpc) is 3.11. The molecule has 0 aliphatic heterocycles. The molecule has 0 aromatic rings. The molecule has 1 fully saturated rings. The van der Waals surface area contributed by atoms with E-state index in [0.29, 0.717) is 13.2 Å². The van der Waals surface area contributed by atoms with Gasteiger partial charge in [0.05, 0.1) is 13.0 Å². The Labute approximate surface area is 113 Å². The number of carboxylic acid groups (broad SMARTS) is 1. The first-order chi connectivity index (χ1) is 8.99. The van der Waals surface area contributed by atoms with Gasteiger partial charge in [-0.1, -0.05) is 13.8 Å². The number of carbonyl (C=O) groups excluding carboxylic acids is 1. The molecule has 110 valence electrons. The van der Waals surface area contributed by atoms with Crippen LogP contribution < -0.4 is 10.6 Å². The van der Waals surface area contributed by atoms with E-state index in [4.69, 9.17) is 9.84 Å². The topological polar surface area (TPSA) is 87.7 Å². The molecule has 0 spiro atoms. The van der Waals surface area contributed by atoms with Crippen LogP contribution in [0.15, 0.2) is 0 Å². The minimum absolute atomic E-state index is 0.0662. The van der Waals surface area contributed by atoms with Gasteiger partial charge >= 0.3 is 12.0 Å². The van der Waals surface area contributed by atoms with E-state index in [0.717, 1.165) is 12.5 Å². The zero-order valence-corrected chi connectivity index (χ0v) is 11.6. The Bertz CT molecular complexity index is 303. The molecule has 0 radical (unpaired) electrons.